The summed E-state index contributed by atoms with van der Waals surface area (Å²) in [6.45, 7) is 12.4. The van der Waals surface area contributed by atoms with Gasteiger partial charge < -0.3 is 5.32 Å². The highest BCUT2D eigenvalue weighted by atomic mass is 15.2. The summed E-state index contributed by atoms with van der Waals surface area (Å²) in [5, 5.41) is 3.63. The van der Waals surface area contributed by atoms with Gasteiger partial charge in [0.15, 0.2) is 0 Å². The molecule has 2 saturated heterocycles. The Hall–Kier alpha value is -0.0800. The van der Waals surface area contributed by atoms with Gasteiger partial charge in [0, 0.05) is 19.1 Å². The number of hydrogen-bond donors (Lipinski definition) is 1. The molecule has 0 spiro atoms. The van der Waals surface area contributed by atoms with Crippen LogP contribution in [0.3, 0.4) is 0 Å². The topological polar surface area (TPSA) is 15.3 Å². The summed E-state index contributed by atoms with van der Waals surface area (Å²) in [5.74, 6) is 0.871. The van der Waals surface area contributed by atoms with Gasteiger partial charge in [-0.25, -0.2) is 0 Å². The molecule has 2 atom stereocenters. The van der Waals surface area contributed by atoms with Crippen molar-refractivity contribution in [2.24, 2.45) is 11.3 Å². The van der Waals surface area contributed by atoms with Crippen molar-refractivity contribution in [1.29, 1.82) is 0 Å². The molecule has 0 aromatic rings. The van der Waals surface area contributed by atoms with E-state index in [0.717, 1.165) is 12.0 Å². The third kappa shape index (κ3) is 3.96. The van der Waals surface area contributed by atoms with Crippen molar-refractivity contribution in [2.75, 3.05) is 26.2 Å². The highest BCUT2D eigenvalue weighted by molar-refractivity contribution is 4.85. The van der Waals surface area contributed by atoms with Crippen LogP contribution in [0.5, 0.6) is 0 Å². The van der Waals surface area contributed by atoms with Crippen molar-refractivity contribution in [3.05, 3.63) is 0 Å². The molecule has 0 aliphatic carbocycles. The Balaban J connectivity index is 2.06. The van der Waals surface area contributed by atoms with Gasteiger partial charge in [0.1, 0.15) is 0 Å². The first kappa shape index (κ1) is 14.3. The van der Waals surface area contributed by atoms with E-state index in [0.29, 0.717) is 5.41 Å². The fourth-order valence-electron chi connectivity index (χ4n) is 3.54. The summed E-state index contributed by atoms with van der Waals surface area (Å²) in [6, 6.07) is 0.801. The van der Waals surface area contributed by atoms with Crippen LogP contribution in [0.2, 0.25) is 0 Å². The predicted molar refractivity (Wildman–Crippen MR) is 78.9 cm³/mol. The Morgan fingerprint density at radius 1 is 1.00 bits per heavy atom. The van der Waals surface area contributed by atoms with Gasteiger partial charge in [0.05, 0.1) is 0 Å². The van der Waals surface area contributed by atoms with E-state index < -0.39 is 0 Å². The third-order valence-corrected chi connectivity index (χ3v) is 4.96. The zero-order chi connectivity index (χ0) is 13.0. The second-order valence-electron chi connectivity index (χ2n) is 7.41. The normalized spacial score (nSPS) is 32.8. The van der Waals surface area contributed by atoms with Gasteiger partial charge in [-0.1, -0.05) is 40.0 Å². The molecule has 2 nitrogen and oxygen atoms in total. The van der Waals surface area contributed by atoms with E-state index in [1.54, 1.807) is 0 Å². The van der Waals surface area contributed by atoms with Crippen molar-refractivity contribution < 1.29 is 0 Å². The molecule has 2 rings (SSSR count). The minimum Gasteiger partial charge on any atom is -0.315 e. The Bertz CT molecular complexity index is 244. The Morgan fingerprint density at radius 2 is 1.78 bits per heavy atom. The number of nitrogens with zero attached hydrogens (tertiary/aromatic N) is 1. The fourth-order valence-corrected chi connectivity index (χ4v) is 3.54. The predicted octanol–water partition coefficient (Wildman–Crippen LogP) is 3.28. The number of rotatable bonds is 0. The lowest BCUT2D eigenvalue weighted by Crippen LogP contribution is -2.44. The van der Waals surface area contributed by atoms with Crippen molar-refractivity contribution >= 4 is 0 Å². The largest absolute Gasteiger partial charge is 0.315 e. The molecular formula is C16H32N2. The van der Waals surface area contributed by atoms with Gasteiger partial charge in [-0.05, 0) is 43.7 Å². The maximum atomic E-state index is 3.63. The Labute approximate surface area is 114 Å². The average molecular weight is 252 g/mol. The van der Waals surface area contributed by atoms with E-state index in [9.17, 15) is 0 Å². The van der Waals surface area contributed by atoms with E-state index in [1.165, 1.54) is 64.7 Å². The molecule has 1 N–H and O–H groups in total. The van der Waals surface area contributed by atoms with Crippen LogP contribution >= 0.6 is 0 Å². The van der Waals surface area contributed by atoms with Crippen LogP contribution < -0.4 is 5.32 Å². The maximum Gasteiger partial charge on any atom is 0.0220 e. The second-order valence-corrected chi connectivity index (χ2v) is 7.41. The summed E-state index contributed by atoms with van der Waals surface area (Å²) in [6.07, 6.45) is 8.48. The van der Waals surface area contributed by atoms with Crippen molar-refractivity contribution in [3.8, 4) is 0 Å². The van der Waals surface area contributed by atoms with E-state index in [1.807, 2.05) is 0 Å². The molecule has 0 radical (unpaired) electrons. The first-order valence-corrected chi connectivity index (χ1v) is 8.02. The van der Waals surface area contributed by atoms with Crippen molar-refractivity contribution in [1.82, 2.24) is 10.2 Å². The van der Waals surface area contributed by atoms with Crippen LogP contribution in [-0.2, 0) is 0 Å². The molecule has 0 aromatic heterocycles. The quantitative estimate of drug-likeness (QED) is 0.712. The lowest BCUT2D eigenvalue weighted by atomic mass is 9.77. The molecule has 0 aromatic carbocycles. The Kier molecular flexibility index (Phi) is 5.08. The first-order valence-electron chi connectivity index (χ1n) is 8.02. The Morgan fingerprint density at radius 3 is 2.56 bits per heavy atom. The summed E-state index contributed by atoms with van der Waals surface area (Å²) in [7, 11) is 0. The number of hydrogen-bond acceptors (Lipinski definition) is 2. The first-order chi connectivity index (χ1) is 8.57. The van der Waals surface area contributed by atoms with Crippen LogP contribution in [0.1, 0.15) is 59.3 Å². The molecule has 106 valence electrons. The molecule has 0 bridgehead atoms. The SMILES string of the molecule is CC(C)(C)C1CCCCCC2CNCCCN2C1. The van der Waals surface area contributed by atoms with Crippen LogP contribution in [0.15, 0.2) is 0 Å². The summed E-state index contributed by atoms with van der Waals surface area (Å²) >= 11 is 0. The van der Waals surface area contributed by atoms with Gasteiger partial charge in [0.25, 0.3) is 0 Å². The standard InChI is InChI=1S/C16H32N2/c1-16(2,3)14-8-5-4-6-9-15-12-17-10-7-11-18(15)13-14/h14-15,17H,4-13H2,1-3H3. The average Bonchev–Trinajstić information content (AvgIpc) is 2.45. The van der Waals surface area contributed by atoms with Gasteiger partial charge in [-0.15, -0.1) is 0 Å². The zero-order valence-corrected chi connectivity index (χ0v) is 12.7. The molecule has 0 saturated carbocycles. The van der Waals surface area contributed by atoms with E-state index in [-0.39, 0.29) is 0 Å². The van der Waals surface area contributed by atoms with E-state index >= 15 is 0 Å². The van der Waals surface area contributed by atoms with Crippen LogP contribution in [0.4, 0.5) is 0 Å². The molecule has 2 aliphatic heterocycles. The highest BCUT2D eigenvalue weighted by Gasteiger charge is 2.30. The number of fused-ring (bicyclic) bond motifs is 1. The minimum absolute atomic E-state index is 0.467. The van der Waals surface area contributed by atoms with E-state index in [4.69, 9.17) is 0 Å². The lowest BCUT2D eigenvalue weighted by molar-refractivity contribution is 0.114. The van der Waals surface area contributed by atoms with E-state index in [2.05, 4.69) is 31.0 Å². The second kappa shape index (κ2) is 6.38. The maximum absolute atomic E-state index is 3.63. The van der Waals surface area contributed by atoms with Gasteiger partial charge in [-0.3, -0.25) is 4.90 Å². The van der Waals surface area contributed by atoms with Gasteiger partial charge in [0.2, 0.25) is 0 Å². The molecule has 18 heavy (non-hydrogen) atoms. The van der Waals surface area contributed by atoms with Gasteiger partial charge >= 0.3 is 0 Å². The smallest absolute Gasteiger partial charge is 0.0220 e. The lowest BCUT2D eigenvalue weighted by Gasteiger charge is -2.37. The van der Waals surface area contributed by atoms with Crippen LogP contribution in [0, 0.1) is 11.3 Å². The summed E-state index contributed by atoms with van der Waals surface area (Å²) in [5.41, 5.74) is 0.467. The number of nitrogens with one attached hydrogen (secondary N) is 1. The summed E-state index contributed by atoms with van der Waals surface area (Å²) in [4.78, 5) is 2.81. The van der Waals surface area contributed by atoms with Crippen molar-refractivity contribution in [3.63, 3.8) is 0 Å². The van der Waals surface area contributed by atoms with Gasteiger partial charge in [-0.2, -0.15) is 0 Å². The molecule has 2 aliphatic rings. The molecule has 0 amide bonds. The third-order valence-electron chi connectivity index (χ3n) is 4.96. The zero-order valence-electron chi connectivity index (χ0n) is 12.7. The molecule has 2 fully saturated rings. The molecule has 2 unspecified atom stereocenters. The highest BCUT2D eigenvalue weighted by Crippen LogP contribution is 2.33. The van der Waals surface area contributed by atoms with Crippen LogP contribution in [-0.4, -0.2) is 37.1 Å². The van der Waals surface area contributed by atoms with Crippen molar-refractivity contribution in [2.45, 2.75) is 65.3 Å². The monoisotopic (exact) mass is 252 g/mol. The minimum atomic E-state index is 0.467. The molecule has 2 heterocycles. The van der Waals surface area contributed by atoms with Crippen LogP contribution in [0.25, 0.3) is 0 Å². The molecule has 2 heteroatoms. The fraction of sp³-hybridized carbons (Fsp3) is 1.00. The molecular weight excluding hydrogens is 220 g/mol. The summed E-state index contributed by atoms with van der Waals surface area (Å²) < 4.78 is 0.